The van der Waals surface area contributed by atoms with Gasteiger partial charge in [-0.2, -0.15) is 0 Å². The summed E-state index contributed by atoms with van der Waals surface area (Å²) in [4.78, 5) is 31.0. The first-order chi connectivity index (χ1) is 12.1. The van der Waals surface area contributed by atoms with Crippen molar-refractivity contribution in [3.8, 4) is 0 Å². The van der Waals surface area contributed by atoms with Crippen molar-refractivity contribution in [2.24, 2.45) is 0 Å². The minimum Gasteiger partial charge on any atom is -0.481 e. The molecule has 0 fully saturated rings. The molecule has 1 aromatic carbocycles. The molecule has 10 nitrogen and oxygen atoms in total. The number of hydrogen-bond acceptors (Lipinski definition) is 6. The van der Waals surface area contributed by atoms with E-state index in [0.29, 0.717) is 0 Å². The maximum Gasteiger partial charge on any atom is 0.303 e. The van der Waals surface area contributed by atoms with Crippen LogP contribution in [0.15, 0.2) is 29.2 Å². The monoisotopic (exact) mass is 388 g/mol. The molecule has 144 valence electrons. The molecule has 0 amide bonds. The lowest BCUT2D eigenvalue weighted by Crippen LogP contribution is -2.35. The van der Waals surface area contributed by atoms with E-state index < -0.39 is 32.9 Å². The fraction of sp³-hybridized carbons (Fsp3) is 0.467. The average Bonchev–Trinajstić information content (AvgIpc) is 2.53. The Morgan fingerprint density at radius 1 is 1.04 bits per heavy atom. The number of nitrogens with zero attached hydrogens (tertiary/aromatic N) is 1. The highest BCUT2D eigenvalue weighted by Crippen LogP contribution is 2.18. The van der Waals surface area contributed by atoms with Gasteiger partial charge in [-0.25, -0.2) is 13.1 Å². The molecule has 0 aliphatic heterocycles. The molecule has 0 unspecified atom stereocenters. The van der Waals surface area contributed by atoms with Crippen molar-refractivity contribution in [3.63, 3.8) is 0 Å². The Labute approximate surface area is 150 Å². The fourth-order valence-electron chi connectivity index (χ4n) is 2.30. The van der Waals surface area contributed by atoms with Gasteiger partial charge in [0.1, 0.15) is 0 Å². The number of carboxylic acid groups (broad SMARTS) is 2. The van der Waals surface area contributed by atoms with Gasteiger partial charge in [0.25, 0.3) is 5.69 Å². The number of non-ortho nitro benzene ring substituents is 1. The molecule has 0 saturated heterocycles. The van der Waals surface area contributed by atoms with E-state index in [2.05, 4.69) is 4.72 Å². The Morgan fingerprint density at radius 3 is 1.88 bits per heavy atom. The molecule has 0 bridgehead atoms. The number of benzene rings is 1. The minimum atomic E-state index is -3.97. The number of sulfonamides is 1. The molecule has 0 atom stereocenters. The van der Waals surface area contributed by atoms with Crippen LogP contribution in [0, 0.1) is 10.1 Å². The Kier molecular flexibility index (Phi) is 8.13. The van der Waals surface area contributed by atoms with Crippen LogP contribution in [-0.4, -0.2) is 41.5 Å². The summed E-state index contributed by atoms with van der Waals surface area (Å²) in [5, 5.41) is 28.0. The molecule has 0 aliphatic rings. The Hall–Kier alpha value is -2.53. The normalized spacial score (nSPS) is 11.4. The van der Waals surface area contributed by atoms with Crippen LogP contribution in [0.3, 0.4) is 0 Å². The van der Waals surface area contributed by atoms with E-state index in [1.165, 1.54) is 0 Å². The summed E-state index contributed by atoms with van der Waals surface area (Å²) >= 11 is 0. The van der Waals surface area contributed by atoms with Gasteiger partial charge in [0.05, 0.1) is 9.82 Å². The molecular formula is C15H20N2O8S. The highest BCUT2D eigenvalue weighted by Gasteiger charge is 2.21. The van der Waals surface area contributed by atoms with Crippen LogP contribution in [0.25, 0.3) is 0 Å². The molecule has 26 heavy (non-hydrogen) atoms. The summed E-state index contributed by atoms with van der Waals surface area (Å²) in [5.74, 6) is -2.01. The number of carboxylic acids is 2. The van der Waals surface area contributed by atoms with Gasteiger partial charge in [-0.1, -0.05) is 0 Å². The zero-order chi connectivity index (χ0) is 19.7. The number of hydrogen-bond donors (Lipinski definition) is 3. The van der Waals surface area contributed by atoms with Crippen LogP contribution in [0.5, 0.6) is 0 Å². The number of nitro benzene ring substituents is 1. The molecule has 0 aliphatic carbocycles. The Morgan fingerprint density at radius 2 is 1.50 bits per heavy atom. The third kappa shape index (κ3) is 7.57. The third-order valence-corrected chi connectivity index (χ3v) is 5.10. The summed E-state index contributed by atoms with van der Waals surface area (Å²) in [6, 6.07) is 3.71. The summed E-state index contributed by atoms with van der Waals surface area (Å²) in [6.45, 7) is 0. The summed E-state index contributed by atoms with van der Waals surface area (Å²) in [7, 11) is -3.97. The van der Waals surface area contributed by atoms with E-state index in [4.69, 9.17) is 10.2 Å². The van der Waals surface area contributed by atoms with Gasteiger partial charge < -0.3 is 10.2 Å². The average molecular weight is 388 g/mol. The van der Waals surface area contributed by atoms with Gasteiger partial charge in [0.15, 0.2) is 0 Å². The van der Waals surface area contributed by atoms with E-state index >= 15 is 0 Å². The second kappa shape index (κ2) is 9.82. The summed E-state index contributed by atoms with van der Waals surface area (Å²) in [5.41, 5.74) is -0.247. The lowest BCUT2D eigenvalue weighted by atomic mass is 10.0. The number of nitrogens with one attached hydrogen (secondary N) is 1. The van der Waals surface area contributed by atoms with E-state index in [1.807, 2.05) is 0 Å². The second-order valence-electron chi connectivity index (χ2n) is 5.64. The SMILES string of the molecule is O=C(O)CCCC(CCCC(=O)O)NS(=O)(=O)c1ccc([N+](=O)[O-])cc1. The number of nitro groups is 1. The lowest BCUT2D eigenvalue weighted by Gasteiger charge is -2.18. The number of rotatable bonds is 12. The minimum absolute atomic E-state index is 0.130. The highest BCUT2D eigenvalue weighted by molar-refractivity contribution is 7.89. The first kappa shape index (κ1) is 21.5. The molecule has 11 heteroatoms. The van der Waals surface area contributed by atoms with Crippen LogP contribution in [-0.2, 0) is 19.6 Å². The second-order valence-corrected chi connectivity index (χ2v) is 7.36. The number of carbonyl (C=O) groups is 2. The van der Waals surface area contributed by atoms with Crippen molar-refractivity contribution in [3.05, 3.63) is 34.4 Å². The number of aliphatic carboxylic acids is 2. The van der Waals surface area contributed by atoms with E-state index in [-0.39, 0.29) is 49.1 Å². The highest BCUT2D eigenvalue weighted by atomic mass is 32.2. The molecule has 0 heterocycles. The van der Waals surface area contributed by atoms with Gasteiger partial charge in [0, 0.05) is 31.0 Å². The molecule has 1 aromatic rings. The third-order valence-electron chi connectivity index (χ3n) is 3.57. The van der Waals surface area contributed by atoms with Crippen LogP contribution in [0.1, 0.15) is 38.5 Å². The van der Waals surface area contributed by atoms with Crippen molar-refractivity contribution in [2.75, 3.05) is 0 Å². The van der Waals surface area contributed by atoms with Crippen LogP contribution in [0.4, 0.5) is 5.69 Å². The predicted molar refractivity (Wildman–Crippen MR) is 90.2 cm³/mol. The molecular weight excluding hydrogens is 368 g/mol. The molecule has 0 saturated carbocycles. The predicted octanol–water partition coefficient (Wildman–Crippen LogP) is 1.75. The molecule has 0 radical (unpaired) electrons. The van der Waals surface area contributed by atoms with Crippen LogP contribution < -0.4 is 4.72 Å². The van der Waals surface area contributed by atoms with Crippen molar-refractivity contribution >= 4 is 27.6 Å². The molecule has 0 aromatic heterocycles. The van der Waals surface area contributed by atoms with Gasteiger partial charge in [-0.3, -0.25) is 19.7 Å². The topological polar surface area (TPSA) is 164 Å². The zero-order valence-electron chi connectivity index (χ0n) is 13.8. The van der Waals surface area contributed by atoms with E-state index in [1.54, 1.807) is 0 Å². The van der Waals surface area contributed by atoms with Crippen molar-refractivity contribution in [1.82, 2.24) is 4.72 Å². The first-order valence-electron chi connectivity index (χ1n) is 7.82. The maximum absolute atomic E-state index is 12.4. The Bertz CT molecular complexity index is 725. The molecule has 1 rings (SSSR count). The molecule has 3 N–H and O–H groups in total. The van der Waals surface area contributed by atoms with E-state index in [9.17, 15) is 28.1 Å². The van der Waals surface area contributed by atoms with Gasteiger partial charge >= 0.3 is 11.9 Å². The van der Waals surface area contributed by atoms with Crippen LogP contribution in [0.2, 0.25) is 0 Å². The largest absolute Gasteiger partial charge is 0.481 e. The first-order valence-corrected chi connectivity index (χ1v) is 9.30. The Balaban J connectivity index is 2.82. The van der Waals surface area contributed by atoms with Crippen LogP contribution >= 0.6 is 0 Å². The lowest BCUT2D eigenvalue weighted by molar-refractivity contribution is -0.384. The quantitative estimate of drug-likeness (QED) is 0.360. The zero-order valence-corrected chi connectivity index (χ0v) is 14.6. The van der Waals surface area contributed by atoms with Gasteiger partial charge in [-0.15, -0.1) is 0 Å². The van der Waals surface area contributed by atoms with Crippen molar-refractivity contribution in [1.29, 1.82) is 0 Å². The van der Waals surface area contributed by atoms with Crippen molar-refractivity contribution < 1.29 is 33.1 Å². The maximum atomic E-state index is 12.4. The van der Waals surface area contributed by atoms with Gasteiger partial charge in [-0.05, 0) is 37.8 Å². The van der Waals surface area contributed by atoms with Gasteiger partial charge in [0.2, 0.25) is 10.0 Å². The van der Waals surface area contributed by atoms with E-state index in [0.717, 1.165) is 24.3 Å². The van der Waals surface area contributed by atoms with Crippen molar-refractivity contribution in [2.45, 2.75) is 49.5 Å². The standard InChI is InChI=1S/C15H20N2O8S/c18-14(19)5-1-3-11(4-2-6-15(20)21)16-26(24,25)13-9-7-12(8-10-13)17(22)23/h7-11,16H,1-6H2,(H,18,19)(H,20,21). The summed E-state index contributed by atoms with van der Waals surface area (Å²) < 4.78 is 27.2. The smallest absolute Gasteiger partial charge is 0.303 e. The fourth-order valence-corrected chi connectivity index (χ4v) is 3.60. The summed E-state index contributed by atoms with van der Waals surface area (Å²) in [6.07, 6.45) is 0.672. The molecule has 0 spiro atoms.